The van der Waals surface area contributed by atoms with E-state index in [-0.39, 0.29) is 25.6 Å². The van der Waals surface area contributed by atoms with Crippen molar-refractivity contribution in [3.8, 4) is 0 Å². The number of halogens is 2. The third-order valence-corrected chi connectivity index (χ3v) is 10.0. The summed E-state index contributed by atoms with van der Waals surface area (Å²) >= 11 is 0. The highest BCUT2D eigenvalue weighted by Crippen LogP contribution is 2.27. The molecule has 15 heteroatoms. The van der Waals surface area contributed by atoms with Crippen LogP contribution in [0.15, 0.2) is 30.3 Å². The van der Waals surface area contributed by atoms with E-state index in [2.05, 4.69) is 21.3 Å². The number of urea groups is 1. The van der Waals surface area contributed by atoms with Crippen LogP contribution in [0.1, 0.15) is 79.7 Å². The quantitative estimate of drug-likeness (QED) is 0.219. The summed E-state index contributed by atoms with van der Waals surface area (Å²) in [5.41, 5.74) is -0.287. The molecule has 0 aliphatic carbocycles. The van der Waals surface area contributed by atoms with Crippen LogP contribution >= 0.6 is 0 Å². The first kappa shape index (κ1) is 41.8. The number of alkyl halides is 2. The van der Waals surface area contributed by atoms with Crippen molar-refractivity contribution in [3.05, 3.63) is 35.9 Å². The predicted octanol–water partition coefficient (Wildman–Crippen LogP) is 3.27. The minimum atomic E-state index is -3.52. The van der Waals surface area contributed by atoms with Gasteiger partial charge in [0.1, 0.15) is 18.1 Å². The van der Waals surface area contributed by atoms with Gasteiger partial charge in [0.15, 0.2) is 0 Å². The van der Waals surface area contributed by atoms with E-state index in [1.165, 1.54) is 11.9 Å². The number of carbonyl (C=O) groups is 4. The van der Waals surface area contributed by atoms with Crippen LogP contribution in [0.4, 0.5) is 13.6 Å². The summed E-state index contributed by atoms with van der Waals surface area (Å²) < 4.78 is 52.3. The highest BCUT2D eigenvalue weighted by Gasteiger charge is 2.43. The Labute approximate surface area is 290 Å². The molecule has 1 unspecified atom stereocenters. The van der Waals surface area contributed by atoms with Crippen LogP contribution in [0.25, 0.3) is 0 Å². The Bertz CT molecular complexity index is 1380. The van der Waals surface area contributed by atoms with E-state index >= 15 is 0 Å². The summed E-state index contributed by atoms with van der Waals surface area (Å²) in [6.07, 6.45) is -0.739. The number of carbonyl (C=O) groups excluding carboxylic acids is 4. The molecule has 2 rings (SSSR count). The van der Waals surface area contributed by atoms with Gasteiger partial charge >= 0.3 is 6.03 Å². The molecule has 5 atom stereocenters. The van der Waals surface area contributed by atoms with Gasteiger partial charge in [-0.3, -0.25) is 14.4 Å². The van der Waals surface area contributed by atoms with Gasteiger partial charge in [-0.2, -0.15) is 0 Å². The Hall–Kier alpha value is -3.33. The smallest absolute Gasteiger partial charge is 0.315 e. The molecule has 1 heterocycles. The van der Waals surface area contributed by atoms with Crippen LogP contribution < -0.4 is 21.3 Å². The third kappa shape index (κ3) is 13.5. The number of rotatable bonds is 15. The van der Waals surface area contributed by atoms with Crippen molar-refractivity contribution in [1.29, 1.82) is 0 Å². The van der Waals surface area contributed by atoms with Crippen LogP contribution in [-0.2, 0) is 30.8 Å². The number of likely N-dealkylation sites (tertiary alicyclic amines) is 1. The lowest BCUT2D eigenvalue weighted by Gasteiger charge is -2.37. The van der Waals surface area contributed by atoms with Gasteiger partial charge in [0.2, 0.25) is 34.2 Å². The first-order valence-electron chi connectivity index (χ1n) is 16.7. The maximum Gasteiger partial charge on any atom is 0.315 e. The maximum atomic E-state index is 14.0. The van der Waals surface area contributed by atoms with Gasteiger partial charge in [-0.05, 0) is 49.0 Å². The predicted molar refractivity (Wildman–Crippen MR) is 185 cm³/mol. The molecular weight excluding hydrogens is 658 g/mol. The zero-order chi connectivity index (χ0) is 37.3. The fourth-order valence-corrected chi connectivity index (χ4v) is 5.92. The molecule has 0 saturated carbocycles. The monoisotopic (exact) mass is 714 g/mol. The molecule has 0 radical (unpaired) electrons. The molecule has 1 fully saturated rings. The van der Waals surface area contributed by atoms with Gasteiger partial charge in [-0.15, -0.1) is 0 Å². The Kier molecular flexibility index (Phi) is 15.0. The number of sulfonamides is 1. The van der Waals surface area contributed by atoms with E-state index in [0.717, 1.165) is 16.1 Å². The fraction of sp³-hybridized carbons (Fsp3) is 0.706. The lowest BCUT2D eigenvalue weighted by atomic mass is 9.85. The van der Waals surface area contributed by atoms with Gasteiger partial charge in [0.25, 0.3) is 0 Å². The normalized spacial score (nSPS) is 18.1. The number of nitrogens with zero attached hydrogens (tertiary/aromatic N) is 2. The van der Waals surface area contributed by atoms with Gasteiger partial charge in [-0.25, -0.2) is 26.3 Å². The van der Waals surface area contributed by atoms with Crippen molar-refractivity contribution < 1.29 is 36.4 Å². The number of hydrogen-bond acceptors (Lipinski definition) is 6. The van der Waals surface area contributed by atoms with Crippen molar-refractivity contribution >= 4 is 33.8 Å². The number of hydrogen-bond donors (Lipinski definition) is 4. The number of nitrogens with one attached hydrogen (secondary N) is 4. The molecule has 12 nitrogen and oxygen atoms in total. The Morgan fingerprint density at radius 3 is 2.10 bits per heavy atom. The van der Waals surface area contributed by atoms with Crippen molar-refractivity contribution in [2.24, 2.45) is 10.8 Å². The average Bonchev–Trinajstić information content (AvgIpc) is 3.47. The van der Waals surface area contributed by atoms with Gasteiger partial charge in [0.05, 0.1) is 6.26 Å². The standard InChI is InChI=1S/C34H56F2N6O6S/c1-22(17-18-23-14-11-10-12-15-23)37-29(43)24(20-27(35)36)38-30(44)25-16-13-19-42(25)31(45)28(34(5,6)7)40-32(46)39-26(33(2,3)4)21-41(8)49(9,47)48/h10-12,14-15,22,24-28H,13,16-21H2,1-9H3,(H,37,43)(H,38,44)(H2,39,40,46)/t22?,24-,25-,26+,28+/m0/s1. The van der Waals surface area contributed by atoms with E-state index < -0.39 is 81.6 Å². The summed E-state index contributed by atoms with van der Waals surface area (Å²) in [4.78, 5) is 55.2. The Morgan fingerprint density at radius 2 is 1.57 bits per heavy atom. The SMILES string of the molecule is CC(CCc1ccccc1)NC(=O)[C@H](CC(F)F)NC(=O)[C@@H]1CCCN1C(=O)[C@@H](NC(=O)N[C@H](CN(C)S(C)(=O)=O)C(C)(C)C)C(C)(C)C. The zero-order valence-corrected chi connectivity index (χ0v) is 31.1. The maximum absolute atomic E-state index is 14.0. The average molecular weight is 715 g/mol. The molecule has 278 valence electrons. The highest BCUT2D eigenvalue weighted by molar-refractivity contribution is 7.88. The van der Waals surface area contributed by atoms with E-state index in [1.54, 1.807) is 27.7 Å². The van der Waals surface area contributed by atoms with Gasteiger partial charge in [-0.1, -0.05) is 71.9 Å². The van der Waals surface area contributed by atoms with Crippen LogP contribution in [0.5, 0.6) is 0 Å². The lowest BCUT2D eigenvalue weighted by Crippen LogP contribution is -2.62. The molecule has 1 saturated heterocycles. The second-order valence-electron chi connectivity index (χ2n) is 15.2. The summed E-state index contributed by atoms with van der Waals surface area (Å²) in [5, 5.41) is 10.7. The number of likely N-dealkylation sites (N-methyl/N-ethyl adjacent to an activating group) is 1. The molecule has 4 N–H and O–H groups in total. The van der Waals surface area contributed by atoms with Crippen molar-refractivity contribution in [3.63, 3.8) is 0 Å². The molecule has 1 aromatic rings. The third-order valence-electron chi connectivity index (χ3n) is 8.73. The number of amides is 5. The summed E-state index contributed by atoms with van der Waals surface area (Å²) in [7, 11) is -2.11. The summed E-state index contributed by atoms with van der Waals surface area (Å²) in [6.45, 7) is 12.8. The topological polar surface area (TPSA) is 157 Å². The van der Waals surface area contributed by atoms with Crippen molar-refractivity contribution in [1.82, 2.24) is 30.5 Å². The first-order valence-corrected chi connectivity index (χ1v) is 18.6. The van der Waals surface area contributed by atoms with Crippen molar-refractivity contribution in [2.75, 3.05) is 26.4 Å². The fourth-order valence-electron chi connectivity index (χ4n) is 5.50. The molecule has 1 aromatic carbocycles. The van der Waals surface area contributed by atoms with Crippen LogP contribution in [0.3, 0.4) is 0 Å². The molecular formula is C34H56F2N6O6S. The second-order valence-corrected chi connectivity index (χ2v) is 17.3. The first-order chi connectivity index (χ1) is 22.5. The Balaban J connectivity index is 2.16. The Morgan fingerprint density at radius 1 is 0.959 bits per heavy atom. The summed E-state index contributed by atoms with van der Waals surface area (Å²) in [6, 6.07) is 4.34. The van der Waals surface area contributed by atoms with E-state index in [0.29, 0.717) is 19.3 Å². The summed E-state index contributed by atoms with van der Waals surface area (Å²) in [5.74, 6) is -1.99. The lowest BCUT2D eigenvalue weighted by molar-refractivity contribution is -0.142. The minimum absolute atomic E-state index is 0.00256. The van der Waals surface area contributed by atoms with Crippen LogP contribution in [0, 0.1) is 10.8 Å². The zero-order valence-electron chi connectivity index (χ0n) is 30.3. The van der Waals surface area contributed by atoms with E-state index in [1.807, 2.05) is 51.1 Å². The highest BCUT2D eigenvalue weighted by atomic mass is 32.2. The van der Waals surface area contributed by atoms with Crippen LogP contribution in [-0.4, -0.2) is 104 Å². The van der Waals surface area contributed by atoms with Crippen LogP contribution in [0.2, 0.25) is 0 Å². The molecule has 0 bridgehead atoms. The second kappa shape index (κ2) is 17.6. The van der Waals surface area contributed by atoms with Gasteiger partial charge < -0.3 is 26.2 Å². The number of benzene rings is 1. The molecule has 0 spiro atoms. The molecule has 49 heavy (non-hydrogen) atoms. The largest absolute Gasteiger partial charge is 0.352 e. The van der Waals surface area contributed by atoms with E-state index in [9.17, 15) is 36.4 Å². The van der Waals surface area contributed by atoms with E-state index in [4.69, 9.17) is 0 Å². The molecule has 1 aliphatic heterocycles. The molecule has 1 aliphatic rings. The molecule has 5 amide bonds. The minimum Gasteiger partial charge on any atom is -0.352 e. The van der Waals surface area contributed by atoms with Crippen molar-refractivity contribution in [2.45, 2.75) is 117 Å². The number of aryl methyl sites for hydroxylation is 1. The molecule has 0 aromatic heterocycles. The van der Waals surface area contributed by atoms with Gasteiger partial charge in [0, 0.05) is 38.6 Å².